The quantitative estimate of drug-likeness (QED) is 0.575. The molecular weight excluding hydrogens is 126 g/mol. The van der Waals surface area contributed by atoms with Crippen LogP contribution in [0.2, 0.25) is 0 Å². The number of hydrogen-bond donors (Lipinski definition) is 2. The van der Waals surface area contributed by atoms with E-state index in [0.29, 0.717) is 6.04 Å². The third kappa shape index (κ3) is 1.36. The highest BCUT2D eigenvalue weighted by molar-refractivity contribution is 5.59. The van der Waals surface area contributed by atoms with E-state index in [2.05, 4.69) is 15.6 Å². The summed E-state index contributed by atoms with van der Waals surface area (Å²) in [5, 5.41) is 6.16. The van der Waals surface area contributed by atoms with E-state index in [4.69, 9.17) is 0 Å². The Bertz CT molecular complexity index is 158. The lowest BCUT2D eigenvalue weighted by molar-refractivity contribution is 0.719. The third-order valence-electron chi connectivity index (χ3n) is 1.54. The lowest BCUT2D eigenvalue weighted by Crippen LogP contribution is -2.23. The molecule has 53 valence electrons. The standard InChI is InChI=1S/C7H10N3/c1-2-6(1)10-7-3-4-8-5-9-7/h3-6,10H,1-2H2,(H,8,9). The normalized spacial score (nSPS) is 24.8. The summed E-state index contributed by atoms with van der Waals surface area (Å²) in [7, 11) is 0. The van der Waals surface area contributed by atoms with Crippen LogP contribution in [0.5, 0.6) is 0 Å². The van der Waals surface area contributed by atoms with Crippen LogP contribution in [-0.4, -0.2) is 12.4 Å². The molecular formula is C7H10N3. The molecule has 0 unspecified atom stereocenters. The van der Waals surface area contributed by atoms with Crippen molar-refractivity contribution in [3.63, 3.8) is 0 Å². The van der Waals surface area contributed by atoms with Crippen LogP contribution in [0.3, 0.4) is 0 Å². The van der Waals surface area contributed by atoms with Crippen molar-refractivity contribution >= 4 is 6.34 Å². The number of hydrogen-bond acceptors (Lipinski definition) is 3. The fourth-order valence-corrected chi connectivity index (χ4v) is 0.842. The fraction of sp³-hybridized carbons (Fsp3) is 0.429. The predicted octanol–water partition coefficient (Wildman–Crippen LogP) is 0.373. The van der Waals surface area contributed by atoms with E-state index < -0.39 is 0 Å². The lowest BCUT2D eigenvalue weighted by atomic mass is 10.4. The fourth-order valence-electron chi connectivity index (χ4n) is 0.842. The van der Waals surface area contributed by atoms with E-state index in [1.165, 1.54) is 12.8 Å². The van der Waals surface area contributed by atoms with Crippen LogP contribution < -0.4 is 10.6 Å². The van der Waals surface area contributed by atoms with Gasteiger partial charge in [-0.3, -0.25) is 5.32 Å². The maximum atomic E-state index is 4.09. The summed E-state index contributed by atoms with van der Waals surface area (Å²) < 4.78 is 0. The van der Waals surface area contributed by atoms with Crippen LogP contribution in [0.25, 0.3) is 0 Å². The van der Waals surface area contributed by atoms with Crippen LogP contribution >= 0.6 is 0 Å². The van der Waals surface area contributed by atoms with E-state index >= 15 is 0 Å². The van der Waals surface area contributed by atoms with Gasteiger partial charge < -0.3 is 5.32 Å². The van der Waals surface area contributed by atoms with Gasteiger partial charge in [0, 0.05) is 12.2 Å². The molecule has 0 aromatic heterocycles. The van der Waals surface area contributed by atoms with Gasteiger partial charge in [-0.05, 0) is 18.9 Å². The van der Waals surface area contributed by atoms with Crippen molar-refractivity contribution in [2.45, 2.75) is 18.9 Å². The van der Waals surface area contributed by atoms with Gasteiger partial charge in [0.2, 0.25) is 0 Å². The molecule has 0 atom stereocenters. The highest BCUT2D eigenvalue weighted by atomic mass is 15.1. The van der Waals surface area contributed by atoms with Gasteiger partial charge in [0.15, 0.2) is 6.17 Å². The van der Waals surface area contributed by atoms with E-state index in [1.54, 1.807) is 6.34 Å². The zero-order valence-electron chi connectivity index (χ0n) is 5.67. The van der Waals surface area contributed by atoms with E-state index in [9.17, 15) is 0 Å². The molecule has 1 radical (unpaired) electrons. The van der Waals surface area contributed by atoms with Gasteiger partial charge in [-0.2, -0.15) is 0 Å². The second kappa shape index (κ2) is 2.42. The highest BCUT2D eigenvalue weighted by Crippen LogP contribution is 2.21. The zero-order valence-corrected chi connectivity index (χ0v) is 5.67. The molecule has 0 aromatic carbocycles. The molecule has 2 aliphatic rings. The van der Waals surface area contributed by atoms with Gasteiger partial charge in [0.25, 0.3) is 0 Å². The Kier molecular flexibility index (Phi) is 1.43. The number of nitrogens with one attached hydrogen (secondary N) is 2. The second-order valence-corrected chi connectivity index (χ2v) is 2.56. The van der Waals surface area contributed by atoms with Crippen LogP contribution in [0.1, 0.15) is 12.8 Å². The van der Waals surface area contributed by atoms with Gasteiger partial charge in [0.1, 0.15) is 0 Å². The smallest absolute Gasteiger partial charge is 0.175 e. The van der Waals surface area contributed by atoms with Crippen molar-refractivity contribution < 1.29 is 0 Å². The first kappa shape index (κ1) is 5.92. The van der Waals surface area contributed by atoms with Gasteiger partial charge in [0.05, 0.1) is 6.34 Å². The lowest BCUT2D eigenvalue weighted by Gasteiger charge is -2.09. The molecule has 2 N–H and O–H groups in total. The van der Waals surface area contributed by atoms with Crippen LogP contribution in [0, 0.1) is 6.17 Å². The van der Waals surface area contributed by atoms with Crippen molar-refractivity contribution in [3.8, 4) is 0 Å². The SMILES string of the molecule is C1=C[C](NC2CC2)N=CN1. The topological polar surface area (TPSA) is 36.4 Å². The van der Waals surface area contributed by atoms with Crippen molar-refractivity contribution in [1.82, 2.24) is 10.6 Å². The van der Waals surface area contributed by atoms with Gasteiger partial charge in [-0.15, -0.1) is 0 Å². The molecule has 0 bridgehead atoms. The minimum atomic E-state index is 0.690. The Morgan fingerprint density at radius 3 is 3.10 bits per heavy atom. The summed E-state index contributed by atoms with van der Waals surface area (Å²) in [4.78, 5) is 4.09. The molecule has 1 heterocycles. The molecule has 1 aliphatic heterocycles. The Balaban J connectivity index is 1.84. The average molecular weight is 136 g/mol. The first-order valence-corrected chi connectivity index (χ1v) is 3.54. The van der Waals surface area contributed by atoms with Gasteiger partial charge >= 0.3 is 0 Å². The molecule has 10 heavy (non-hydrogen) atoms. The largest absolute Gasteiger partial charge is 0.353 e. The summed E-state index contributed by atoms with van der Waals surface area (Å²) in [6, 6.07) is 0.690. The van der Waals surface area contributed by atoms with Gasteiger partial charge in [-0.1, -0.05) is 0 Å². The van der Waals surface area contributed by atoms with E-state index in [1.807, 2.05) is 12.3 Å². The van der Waals surface area contributed by atoms with Crippen LogP contribution in [-0.2, 0) is 0 Å². The summed E-state index contributed by atoms with van der Waals surface area (Å²) in [6.07, 6.45) is 9.06. The second-order valence-electron chi connectivity index (χ2n) is 2.56. The van der Waals surface area contributed by atoms with Crippen LogP contribution in [0.15, 0.2) is 17.3 Å². The monoisotopic (exact) mass is 136 g/mol. The Labute approximate surface area is 60.2 Å². The van der Waals surface area contributed by atoms with Crippen molar-refractivity contribution in [2.24, 2.45) is 4.99 Å². The van der Waals surface area contributed by atoms with Crippen molar-refractivity contribution in [3.05, 3.63) is 18.4 Å². The molecule has 1 saturated carbocycles. The summed E-state index contributed by atoms with van der Waals surface area (Å²) >= 11 is 0. The van der Waals surface area contributed by atoms with Crippen molar-refractivity contribution in [1.29, 1.82) is 0 Å². The molecule has 1 aliphatic carbocycles. The maximum absolute atomic E-state index is 4.09. The number of nitrogens with zero attached hydrogens (tertiary/aromatic N) is 1. The summed E-state index contributed by atoms with van der Waals surface area (Å²) in [5.41, 5.74) is 0. The van der Waals surface area contributed by atoms with Gasteiger partial charge in [-0.25, -0.2) is 4.99 Å². The molecule has 2 rings (SSSR count). The molecule has 3 nitrogen and oxygen atoms in total. The van der Waals surface area contributed by atoms with Crippen molar-refractivity contribution in [2.75, 3.05) is 0 Å². The molecule has 0 amide bonds. The molecule has 0 aromatic rings. The minimum Gasteiger partial charge on any atom is -0.353 e. The third-order valence-corrected chi connectivity index (χ3v) is 1.54. The van der Waals surface area contributed by atoms with E-state index in [-0.39, 0.29) is 0 Å². The summed E-state index contributed by atoms with van der Waals surface area (Å²) in [5.74, 6) is 0. The minimum absolute atomic E-state index is 0.690. The molecule has 1 fully saturated rings. The molecule has 0 saturated heterocycles. The predicted molar refractivity (Wildman–Crippen MR) is 40.2 cm³/mol. The highest BCUT2D eigenvalue weighted by Gasteiger charge is 2.23. The first-order chi connectivity index (χ1) is 4.95. The van der Waals surface area contributed by atoms with E-state index in [0.717, 1.165) is 6.17 Å². The maximum Gasteiger partial charge on any atom is 0.175 e. The summed E-state index contributed by atoms with van der Waals surface area (Å²) in [6.45, 7) is 0. The molecule has 3 heteroatoms. The Hall–Kier alpha value is -0.830. The van der Waals surface area contributed by atoms with Crippen LogP contribution in [0.4, 0.5) is 0 Å². The molecule has 0 spiro atoms. The Morgan fingerprint density at radius 2 is 2.50 bits per heavy atom. The first-order valence-electron chi connectivity index (χ1n) is 3.54. The number of aliphatic imine (C=N–C) groups is 1. The Morgan fingerprint density at radius 1 is 1.60 bits per heavy atom. The zero-order chi connectivity index (χ0) is 6.81. The number of rotatable bonds is 2. The average Bonchev–Trinajstić information content (AvgIpc) is 2.74.